The number of hydrogen-bond acceptors (Lipinski definition) is 7. The van der Waals surface area contributed by atoms with Crippen molar-refractivity contribution in [2.75, 3.05) is 5.32 Å². The van der Waals surface area contributed by atoms with E-state index in [1.54, 1.807) is 18.6 Å². The first-order chi connectivity index (χ1) is 14.0. The molecular formula is C22H21N5OS. The second kappa shape index (κ2) is 7.97. The lowest BCUT2D eigenvalue weighted by molar-refractivity contribution is 0.442. The van der Waals surface area contributed by atoms with Crippen molar-refractivity contribution in [1.82, 2.24) is 20.2 Å². The number of nitrogens with one attached hydrogen (secondary N) is 1. The first kappa shape index (κ1) is 19.0. The maximum atomic E-state index is 6.21. The van der Waals surface area contributed by atoms with Gasteiger partial charge in [-0.05, 0) is 35.7 Å². The van der Waals surface area contributed by atoms with Gasteiger partial charge in [0.2, 0.25) is 11.0 Å². The molecule has 0 aliphatic rings. The van der Waals surface area contributed by atoms with Crippen molar-refractivity contribution >= 4 is 22.2 Å². The van der Waals surface area contributed by atoms with Crippen molar-refractivity contribution < 1.29 is 4.74 Å². The normalized spacial score (nSPS) is 11.3. The molecule has 0 saturated carbocycles. The molecule has 4 aromatic rings. The van der Waals surface area contributed by atoms with Crippen LogP contribution in [0.4, 0.5) is 10.8 Å². The average molecular weight is 404 g/mol. The Hall–Kier alpha value is -3.32. The molecule has 0 fully saturated rings. The van der Waals surface area contributed by atoms with Gasteiger partial charge in [0.1, 0.15) is 16.4 Å². The number of rotatable bonds is 5. The highest BCUT2D eigenvalue weighted by molar-refractivity contribution is 7.18. The molecule has 0 amide bonds. The zero-order chi connectivity index (χ0) is 20.3. The van der Waals surface area contributed by atoms with Crippen molar-refractivity contribution in [2.45, 2.75) is 26.2 Å². The van der Waals surface area contributed by atoms with Gasteiger partial charge in [-0.25, -0.2) is 4.98 Å². The summed E-state index contributed by atoms with van der Waals surface area (Å²) in [5.41, 5.74) is 2.78. The Labute approximate surface area is 173 Å². The third-order valence-corrected chi connectivity index (χ3v) is 5.15. The fourth-order valence-electron chi connectivity index (χ4n) is 2.85. The summed E-state index contributed by atoms with van der Waals surface area (Å²) >= 11 is 1.46. The highest BCUT2D eigenvalue weighted by Crippen LogP contribution is 2.37. The van der Waals surface area contributed by atoms with E-state index in [1.807, 2.05) is 42.5 Å². The largest absolute Gasteiger partial charge is 0.437 e. The molecule has 0 radical (unpaired) electrons. The van der Waals surface area contributed by atoms with E-state index in [0.29, 0.717) is 11.0 Å². The van der Waals surface area contributed by atoms with Gasteiger partial charge in [-0.15, -0.1) is 10.2 Å². The van der Waals surface area contributed by atoms with Crippen molar-refractivity contribution in [1.29, 1.82) is 0 Å². The van der Waals surface area contributed by atoms with E-state index in [9.17, 15) is 0 Å². The zero-order valence-electron chi connectivity index (χ0n) is 16.5. The lowest BCUT2D eigenvalue weighted by Crippen LogP contribution is -2.12. The number of para-hydroxylation sites is 1. The highest BCUT2D eigenvalue weighted by Gasteiger charge is 2.20. The molecular weight excluding hydrogens is 382 g/mol. The molecule has 4 rings (SSSR count). The minimum atomic E-state index is -0.0440. The molecule has 0 aliphatic carbocycles. The van der Waals surface area contributed by atoms with Crippen LogP contribution >= 0.6 is 11.3 Å². The molecule has 0 unspecified atom stereocenters. The molecule has 6 nitrogen and oxygen atoms in total. The maximum Gasteiger partial charge on any atom is 0.243 e. The molecule has 0 aliphatic heterocycles. The van der Waals surface area contributed by atoms with E-state index in [-0.39, 0.29) is 5.41 Å². The Balaban J connectivity index is 1.60. The second-order valence-electron chi connectivity index (χ2n) is 7.48. The summed E-state index contributed by atoms with van der Waals surface area (Å²) < 4.78 is 6.21. The van der Waals surface area contributed by atoms with E-state index >= 15 is 0 Å². The van der Waals surface area contributed by atoms with Gasteiger partial charge in [-0.2, -0.15) is 0 Å². The van der Waals surface area contributed by atoms with Gasteiger partial charge in [0.15, 0.2) is 0 Å². The molecule has 0 bridgehead atoms. The molecule has 0 atom stereocenters. The third-order valence-electron chi connectivity index (χ3n) is 4.27. The maximum absolute atomic E-state index is 6.21. The number of nitrogens with zero attached hydrogens (tertiary/aromatic N) is 4. The van der Waals surface area contributed by atoms with Crippen molar-refractivity contribution in [3.63, 3.8) is 0 Å². The van der Waals surface area contributed by atoms with E-state index in [0.717, 1.165) is 27.6 Å². The molecule has 1 N–H and O–H groups in total. The zero-order valence-corrected chi connectivity index (χ0v) is 17.3. The topological polar surface area (TPSA) is 72.8 Å². The molecule has 29 heavy (non-hydrogen) atoms. The fraction of sp³-hybridized carbons (Fsp3) is 0.182. The molecule has 146 valence electrons. The van der Waals surface area contributed by atoms with Gasteiger partial charge >= 0.3 is 0 Å². The predicted octanol–water partition coefficient (Wildman–Crippen LogP) is 5.83. The number of ether oxygens (including phenoxy) is 1. The van der Waals surface area contributed by atoms with E-state index in [2.05, 4.69) is 52.3 Å². The lowest BCUT2D eigenvalue weighted by atomic mass is 9.86. The monoisotopic (exact) mass is 403 g/mol. The lowest BCUT2D eigenvalue weighted by Gasteiger charge is -2.22. The Morgan fingerprint density at radius 3 is 2.48 bits per heavy atom. The number of benzene rings is 1. The van der Waals surface area contributed by atoms with Gasteiger partial charge in [0, 0.05) is 29.7 Å². The Bertz CT molecular complexity index is 1110. The third kappa shape index (κ3) is 4.41. The number of hydrogen-bond donors (Lipinski definition) is 1. The summed E-state index contributed by atoms with van der Waals surface area (Å²) in [6.45, 7) is 6.48. The predicted molar refractivity (Wildman–Crippen MR) is 116 cm³/mol. The minimum absolute atomic E-state index is 0.0440. The molecule has 0 saturated heterocycles. The first-order valence-electron chi connectivity index (χ1n) is 9.24. The van der Waals surface area contributed by atoms with Gasteiger partial charge in [0.05, 0.1) is 0 Å². The second-order valence-corrected chi connectivity index (χ2v) is 8.46. The van der Waals surface area contributed by atoms with Crippen LogP contribution in [0.3, 0.4) is 0 Å². The smallest absolute Gasteiger partial charge is 0.243 e. The van der Waals surface area contributed by atoms with Crippen LogP contribution in [0, 0.1) is 0 Å². The van der Waals surface area contributed by atoms with E-state index < -0.39 is 0 Å². The highest BCUT2D eigenvalue weighted by atomic mass is 32.1. The summed E-state index contributed by atoms with van der Waals surface area (Å²) in [4.78, 5) is 8.46. The van der Waals surface area contributed by atoms with Gasteiger partial charge < -0.3 is 10.1 Å². The molecule has 3 heterocycles. The van der Waals surface area contributed by atoms with Crippen LogP contribution in [-0.4, -0.2) is 20.2 Å². The van der Waals surface area contributed by atoms with Crippen molar-refractivity contribution in [3.8, 4) is 22.2 Å². The number of aromatic nitrogens is 4. The fourth-order valence-corrected chi connectivity index (χ4v) is 3.61. The average Bonchev–Trinajstić information content (AvgIpc) is 3.18. The standard InChI is InChI=1S/C22H21N5OS/c1-22(2,3)16-7-4-5-9-18(16)28-19-17(8-6-12-24-19)25-21-27-26-20(29-21)15-10-13-23-14-11-15/h4-14H,1-3H3,(H,25,27). The van der Waals surface area contributed by atoms with Gasteiger partial charge in [-0.3, -0.25) is 4.98 Å². The van der Waals surface area contributed by atoms with E-state index in [4.69, 9.17) is 4.74 Å². The Morgan fingerprint density at radius 1 is 0.897 bits per heavy atom. The van der Waals surface area contributed by atoms with Gasteiger partial charge in [0.25, 0.3) is 0 Å². The first-order valence-corrected chi connectivity index (χ1v) is 10.1. The summed E-state index contributed by atoms with van der Waals surface area (Å²) in [6, 6.07) is 15.6. The Kier molecular flexibility index (Phi) is 5.22. The van der Waals surface area contributed by atoms with Crippen molar-refractivity contribution in [3.05, 3.63) is 72.7 Å². The summed E-state index contributed by atoms with van der Waals surface area (Å²) in [5, 5.41) is 13.3. The van der Waals surface area contributed by atoms with Crippen LogP contribution < -0.4 is 10.1 Å². The van der Waals surface area contributed by atoms with Crippen LogP contribution in [0.15, 0.2) is 67.1 Å². The molecule has 3 aromatic heterocycles. The Morgan fingerprint density at radius 2 is 1.69 bits per heavy atom. The minimum Gasteiger partial charge on any atom is -0.437 e. The quantitative estimate of drug-likeness (QED) is 0.452. The van der Waals surface area contributed by atoms with E-state index in [1.165, 1.54) is 11.3 Å². The number of anilines is 2. The number of pyridine rings is 2. The molecule has 7 heteroatoms. The summed E-state index contributed by atoms with van der Waals surface area (Å²) in [7, 11) is 0. The van der Waals surface area contributed by atoms with Crippen LogP contribution in [-0.2, 0) is 5.41 Å². The molecule has 0 spiro atoms. The van der Waals surface area contributed by atoms with Gasteiger partial charge in [-0.1, -0.05) is 50.3 Å². The van der Waals surface area contributed by atoms with Crippen LogP contribution in [0.25, 0.3) is 10.6 Å². The van der Waals surface area contributed by atoms with Crippen LogP contribution in [0.2, 0.25) is 0 Å². The summed E-state index contributed by atoms with van der Waals surface area (Å²) in [6.07, 6.45) is 5.19. The van der Waals surface area contributed by atoms with Crippen LogP contribution in [0.5, 0.6) is 11.6 Å². The van der Waals surface area contributed by atoms with Crippen LogP contribution in [0.1, 0.15) is 26.3 Å². The van der Waals surface area contributed by atoms with Crippen molar-refractivity contribution in [2.24, 2.45) is 0 Å². The molecule has 1 aromatic carbocycles. The summed E-state index contributed by atoms with van der Waals surface area (Å²) in [5.74, 6) is 1.28. The SMILES string of the molecule is CC(C)(C)c1ccccc1Oc1ncccc1Nc1nnc(-c2ccncc2)s1.